The summed E-state index contributed by atoms with van der Waals surface area (Å²) in [7, 11) is 0. The van der Waals surface area contributed by atoms with Crippen molar-refractivity contribution in [1.29, 1.82) is 0 Å². The molecule has 0 aliphatic heterocycles. The molecule has 0 bridgehead atoms. The monoisotopic (exact) mass is 1170 g/mol. The van der Waals surface area contributed by atoms with Gasteiger partial charge in [0.2, 0.25) is 0 Å². The summed E-state index contributed by atoms with van der Waals surface area (Å²) in [5, 5.41) is 0. The fourth-order valence-corrected chi connectivity index (χ4v) is 8.68. The first-order valence-electron chi connectivity index (χ1n) is 31.0. The molecular weight excluding hydrogens is 1020 g/mol. The van der Waals surface area contributed by atoms with E-state index in [1.807, 2.05) is 0 Å². The predicted octanol–water partition coefficient (Wildman–Crippen LogP) is 25.4. The standard InChI is InChI=1S/4C9H20.2C9H19.2C8H18.2Y/c4*1-7(2)6-9(5)8(3)4;2*1-6-9(7(2)3)8(4)5;2*1-6(2)8(5)7(3)4;;/h4*7-9H,6H2,1-5H3;2*6-9H,1-5H3;2*6-8H,1-5H3;;/q;;;;2*-1;;;;/t4*9-;;;;;;/m1100....../s1. The number of hydrogen-bond acceptors (Lipinski definition) is 0. The van der Waals surface area contributed by atoms with Crippen molar-refractivity contribution in [3.8, 4) is 0 Å². The molecule has 442 valence electrons. The van der Waals surface area contributed by atoms with Crippen LogP contribution in [0.15, 0.2) is 0 Å². The summed E-state index contributed by atoms with van der Waals surface area (Å²) in [5.74, 6) is 20.4. The maximum absolute atomic E-state index is 2.34. The minimum atomic E-state index is 0. The molecular formula is C70H154Y2-2. The summed E-state index contributed by atoms with van der Waals surface area (Å²) in [4.78, 5) is 0. The van der Waals surface area contributed by atoms with Crippen LogP contribution in [0, 0.1) is 155 Å². The van der Waals surface area contributed by atoms with Crippen LogP contribution >= 0.6 is 0 Å². The van der Waals surface area contributed by atoms with Crippen molar-refractivity contribution in [2.75, 3.05) is 0 Å². The molecule has 4 atom stereocenters. The Balaban J connectivity index is -0.0000000760. The maximum Gasteiger partial charge on any atom is 0 e. The molecule has 0 rings (SSSR count). The maximum atomic E-state index is 2.34. The fourth-order valence-electron chi connectivity index (χ4n) is 8.68. The van der Waals surface area contributed by atoms with Gasteiger partial charge in [-0.25, -0.2) is 0 Å². The molecule has 2 heteroatoms. The van der Waals surface area contributed by atoms with Crippen LogP contribution in [0.1, 0.15) is 303 Å². The van der Waals surface area contributed by atoms with Gasteiger partial charge in [0.15, 0.2) is 0 Å². The van der Waals surface area contributed by atoms with Crippen LogP contribution in [0.4, 0.5) is 0 Å². The van der Waals surface area contributed by atoms with Crippen LogP contribution in [0.3, 0.4) is 0 Å². The van der Waals surface area contributed by atoms with Gasteiger partial charge >= 0.3 is 0 Å². The van der Waals surface area contributed by atoms with Crippen LogP contribution in [0.5, 0.6) is 0 Å². The van der Waals surface area contributed by atoms with Crippen LogP contribution in [0.2, 0.25) is 0 Å². The Labute approximate surface area is 518 Å². The zero-order valence-corrected chi connectivity index (χ0v) is 64.7. The summed E-state index contributed by atoms with van der Waals surface area (Å²) in [6.45, 7) is 91.5. The second-order valence-electron chi connectivity index (χ2n) is 28.9. The first-order chi connectivity index (χ1) is 31.4. The second-order valence-corrected chi connectivity index (χ2v) is 28.9. The van der Waals surface area contributed by atoms with Gasteiger partial charge in [0.1, 0.15) is 0 Å². The predicted molar refractivity (Wildman–Crippen MR) is 338 cm³/mol. The van der Waals surface area contributed by atoms with E-state index in [0.29, 0.717) is 0 Å². The van der Waals surface area contributed by atoms with Crippen molar-refractivity contribution in [2.24, 2.45) is 142 Å². The molecule has 0 saturated carbocycles. The number of hydrogen-bond donors (Lipinski definition) is 0. The minimum Gasteiger partial charge on any atom is -0.328 e. The van der Waals surface area contributed by atoms with Gasteiger partial charge in [-0.2, -0.15) is 25.7 Å². The molecule has 0 nitrogen and oxygen atoms in total. The number of rotatable bonds is 22. The Hall–Kier alpha value is 2.21. The molecule has 0 aliphatic carbocycles. The Morgan fingerprint density at radius 2 is 0.319 bits per heavy atom. The van der Waals surface area contributed by atoms with E-state index in [1.165, 1.54) is 25.7 Å². The topological polar surface area (TPSA) is 0 Å². The SMILES string of the molecule is CC(C)C(C)C(C)C.CC(C)C(C)C(C)C.CC(C)C[C@@H](C)C(C)C.CC(C)C[C@@H](C)C(C)C.CC(C)C[C@H](C)C(C)C.CC(C)C[C@H](C)C(C)C.C[CH-]C(C(C)C)C(C)C.C[CH-]C(C(C)C)C(C)C.[Y].[Y]. The summed E-state index contributed by atoms with van der Waals surface area (Å²) in [6.07, 6.45) is 10.1. The van der Waals surface area contributed by atoms with Gasteiger partial charge in [-0.15, -0.1) is 0 Å². The third-order valence-electron chi connectivity index (χ3n) is 16.0. The molecule has 0 aromatic heterocycles. The molecule has 0 amide bonds. The van der Waals surface area contributed by atoms with E-state index >= 15 is 0 Å². The third-order valence-corrected chi connectivity index (χ3v) is 16.0. The van der Waals surface area contributed by atoms with E-state index in [4.69, 9.17) is 0 Å². The van der Waals surface area contributed by atoms with E-state index in [-0.39, 0.29) is 65.4 Å². The van der Waals surface area contributed by atoms with Gasteiger partial charge in [-0.05, 0) is 132 Å². The van der Waals surface area contributed by atoms with Crippen molar-refractivity contribution in [3.05, 3.63) is 12.8 Å². The van der Waals surface area contributed by atoms with Gasteiger partial charge in [0, 0.05) is 65.4 Å². The molecule has 0 unspecified atom stereocenters. The molecule has 72 heavy (non-hydrogen) atoms. The van der Waals surface area contributed by atoms with Crippen LogP contribution in [-0.4, -0.2) is 0 Å². The molecule has 0 spiro atoms. The van der Waals surface area contributed by atoms with E-state index in [0.717, 1.165) is 142 Å². The average Bonchev–Trinajstić information content (AvgIpc) is 3.17. The molecule has 0 aliphatic rings. The summed E-state index contributed by atoms with van der Waals surface area (Å²) in [5.41, 5.74) is 0. The van der Waals surface area contributed by atoms with Gasteiger partial charge in [0.25, 0.3) is 0 Å². The largest absolute Gasteiger partial charge is 0.328 e. The van der Waals surface area contributed by atoms with Crippen LogP contribution < -0.4 is 0 Å². The van der Waals surface area contributed by atoms with Gasteiger partial charge < -0.3 is 12.8 Å². The average molecular weight is 1170 g/mol. The molecule has 0 aromatic carbocycles. The fraction of sp³-hybridized carbons (Fsp3) is 0.971. The Bertz CT molecular complexity index is 812. The van der Waals surface area contributed by atoms with Crippen molar-refractivity contribution >= 4 is 0 Å². The molecule has 0 N–H and O–H groups in total. The van der Waals surface area contributed by atoms with Crippen molar-refractivity contribution in [1.82, 2.24) is 0 Å². The quantitative estimate of drug-likeness (QED) is 0.0948. The molecule has 2 radical (unpaired) electrons. The molecule has 0 fully saturated rings. The van der Waals surface area contributed by atoms with E-state index < -0.39 is 0 Å². The zero-order chi connectivity index (χ0) is 58.1. The van der Waals surface area contributed by atoms with E-state index in [2.05, 4.69) is 290 Å². The summed E-state index contributed by atoms with van der Waals surface area (Å²) >= 11 is 0. The van der Waals surface area contributed by atoms with Crippen molar-refractivity contribution < 1.29 is 65.4 Å². The first kappa shape index (κ1) is 96.5. The summed E-state index contributed by atoms with van der Waals surface area (Å²) < 4.78 is 0. The Kier molecular flexibility index (Phi) is 79.5. The first-order valence-corrected chi connectivity index (χ1v) is 31.0. The van der Waals surface area contributed by atoms with E-state index in [9.17, 15) is 0 Å². The summed E-state index contributed by atoms with van der Waals surface area (Å²) in [6, 6.07) is 0. The molecule has 0 saturated heterocycles. The zero-order valence-electron chi connectivity index (χ0n) is 59.0. The molecule has 0 aromatic rings. The molecule has 0 heterocycles. The second kappa shape index (κ2) is 59.3. The Morgan fingerprint density at radius 3 is 0.333 bits per heavy atom. The smallest absolute Gasteiger partial charge is 0 e. The van der Waals surface area contributed by atoms with Gasteiger partial charge in [-0.3, -0.25) is 0 Å². The third kappa shape index (κ3) is 74.3. The Morgan fingerprint density at radius 1 is 0.194 bits per heavy atom. The van der Waals surface area contributed by atoms with Crippen LogP contribution in [-0.2, 0) is 65.4 Å². The minimum absolute atomic E-state index is 0. The van der Waals surface area contributed by atoms with Gasteiger partial charge in [0.05, 0.1) is 0 Å². The normalized spacial score (nSPS) is 13.2. The van der Waals surface area contributed by atoms with Crippen molar-refractivity contribution in [2.45, 2.75) is 303 Å². The van der Waals surface area contributed by atoms with E-state index in [1.54, 1.807) is 0 Å². The van der Waals surface area contributed by atoms with Gasteiger partial charge in [-0.1, -0.05) is 287 Å². The van der Waals surface area contributed by atoms with Crippen molar-refractivity contribution in [3.63, 3.8) is 0 Å². The van der Waals surface area contributed by atoms with Crippen LogP contribution in [0.25, 0.3) is 0 Å².